The van der Waals surface area contributed by atoms with Gasteiger partial charge in [0.25, 0.3) is 0 Å². The summed E-state index contributed by atoms with van der Waals surface area (Å²) in [6.07, 6.45) is 6.86. The van der Waals surface area contributed by atoms with E-state index in [1.807, 2.05) is 31.2 Å². The maximum absolute atomic E-state index is 11.9. The number of nitrogens with one attached hydrogen (secondary N) is 1. The average Bonchev–Trinajstić information content (AvgIpc) is 2.54. The van der Waals surface area contributed by atoms with Gasteiger partial charge in [-0.1, -0.05) is 23.7 Å². The first-order valence-corrected chi connectivity index (χ1v) is 7.52. The number of hydrogen-bond acceptors (Lipinski definition) is 3. The lowest BCUT2D eigenvalue weighted by atomic mass is 10.1. The Morgan fingerprint density at radius 1 is 1.35 bits per heavy atom. The predicted octanol–water partition coefficient (Wildman–Crippen LogP) is 4.01. The van der Waals surface area contributed by atoms with Crippen molar-refractivity contribution in [1.29, 1.82) is 0 Å². The Hall–Kier alpha value is -2.59. The summed E-state index contributed by atoms with van der Waals surface area (Å²) >= 11 is 5.98. The van der Waals surface area contributed by atoms with Crippen molar-refractivity contribution in [3.8, 4) is 5.75 Å². The third kappa shape index (κ3) is 3.99. The molecule has 0 aliphatic carbocycles. The Bertz CT molecular complexity index is 795. The van der Waals surface area contributed by atoms with Crippen LogP contribution < -0.4 is 10.1 Å². The Kier molecular flexibility index (Phi) is 4.44. The molecule has 2 aromatic rings. The van der Waals surface area contributed by atoms with Gasteiger partial charge in [0.1, 0.15) is 18.2 Å². The number of aryl methyl sites for hydroxylation is 1. The molecule has 0 spiro atoms. The lowest BCUT2D eigenvalue weighted by molar-refractivity contribution is -0.111. The minimum Gasteiger partial charge on any atom is -0.488 e. The number of nitrogens with zero attached hydrogens (tertiary/aromatic N) is 1. The molecule has 1 aliphatic rings. The van der Waals surface area contributed by atoms with Crippen LogP contribution >= 0.6 is 11.6 Å². The van der Waals surface area contributed by atoms with Crippen LogP contribution in [0, 0.1) is 6.92 Å². The van der Waals surface area contributed by atoms with Gasteiger partial charge in [-0.2, -0.15) is 0 Å². The second-order valence-corrected chi connectivity index (χ2v) is 5.67. The first-order valence-electron chi connectivity index (χ1n) is 7.15. The highest BCUT2D eigenvalue weighted by Crippen LogP contribution is 2.29. The summed E-state index contributed by atoms with van der Waals surface area (Å²) in [5.74, 6) is 1.08. The SMILES string of the molecule is Cc1ccc(NC(=O)/C=C/C2=Cc3cc(Cl)ccc3OC2)nc1. The van der Waals surface area contributed by atoms with Crippen LogP contribution in [0.15, 0.2) is 54.3 Å². The number of carbonyl (C=O) groups excluding carboxylic acids is 1. The molecule has 5 heteroatoms. The standard InChI is InChI=1S/C18H15ClN2O2/c1-12-2-6-17(20-10-12)21-18(22)7-3-13-8-14-9-15(19)4-5-16(14)23-11-13/h2-10H,11H2,1H3,(H,20,21,22)/b7-3+. The Balaban J connectivity index is 1.68. The molecule has 1 aromatic heterocycles. The molecule has 0 radical (unpaired) electrons. The van der Waals surface area contributed by atoms with Crippen molar-refractivity contribution >= 4 is 29.4 Å². The molecule has 0 saturated heterocycles. The van der Waals surface area contributed by atoms with E-state index < -0.39 is 0 Å². The van der Waals surface area contributed by atoms with E-state index in [-0.39, 0.29) is 5.91 Å². The van der Waals surface area contributed by atoms with Crippen LogP contribution in [0.1, 0.15) is 11.1 Å². The predicted molar refractivity (Wildman–Crippen MR) is 91.7 cm³/mol. The number of hydrogen-bond donors (Lipinski definition) is 1. The molecule has 0 atom stereocenters. The number of carbonyl (C=O) groups is 1. The second-order valence-electron chi connectivity index (χ2n) is 5.23. The van der Waals surface area contributed by atoms with Gasteiger partial charge in [0, 0.05) is 22.9 Å². The summed E-state index contributed by atoms with van der Waals surface area (Å²) in [5.41, 5.74) is 2.84. The van der Waals surface area contributed by atoms with E-state index in [0.29, 0.717) is 17.4 Å². The number of benzene rings is 1. The van der Waals surface area contributed by atoms with Crippen LogP contribution in [-0.4, -0.2) is 17.5 Å². The maximum Gasteiger partial charge on any atom is 0.249 e. The fourth-order valence-electron chi connectivity index (χ4n) is 2.15. The van der Waals surface area contributed by atoms with E-state index in [4.69, 9.17) is 16.3 Å². The molecule has 23 heavy (non-hydrogen) atoms. The van der Waals surface area contributed by atoms with E-state index in [2.05, 4.69) is 10.3 Å². The summed E-state index contributed by atoms with van der Waals surface area (Å²) in [5, 5.41) is 3.36. The normalized spacial score (nSPS) is 13.2. The molecule has 4 nitrogen and oxygen atoms in total. The van der Waals surface area contributed by atoms with Crippen molar-refractivity contribution in [2.24, 2.45) is 0 Å². The van der Waals surface area contributed by atoms with Crippen LogP contribution in [0.4, 0.5) is 5.82 Å². The highest BCUT2D eigenvalue weighted by molar-refractivity contribution is 6.30. The van der Waals surface area contributed by atoms with Crippen LogP contribution in [0.25, 0.3) is 6.08 Å². The molecule has 0 saturated carbocycles. The van der Waals surface area contributed by atoms with Gasteiger partial charge in [-0.25, -0.2) is 4.98 Å². The number of halogens is 1. The summed E-state index contributed by atoms with van der Waals surface area (Å²) in [6.45, 7) is 2.36. The van der Waals surface area contributed by atoms with Gasteiger partial charge in [0.05, 0.1) is 0 Å². The van der Waals surface area contributed by atoms with Crippen molar-refractivity contribution in [3.05, 3.63) is 70.4 Å². The first-order chi connectivity index (χ1) is 11.1. The van der Waals surface area contributed by atoms with E-state index in [9.17, 15) is 4.79 Å². The van der Waals surface area contributed by atoms with Gasteiger partial charge in [-0.05, 0) is 48.4 Å². The molecule has 1 amide bonds. The topological polar surface area (TPSA) is 51.2 Å². The molecular weight excluding hydrogens is 312 g/mol. The summed E-state index contributed by atoms with van der Waals surface area (Å²) in [4.78, 5) is 16.0. The Morgan fingerprint density at radius 2 is 2.22 bits per heavy atom. The number of ether oxygens (including phenoxy) is 1. The molecule has 1 aliphatic heterocycles. The number of pyridine rings is 1. The monoisotopic (exact) mass is 326 g/mol. The van der Waals surface area contributed by atoms with Crippen molar-refractivity contribution in [1.82, 2.24) is 4.98 Å². The summed E-state index contributed by atoms with van der Waals surface area (Å²) in [7, 11) is 0. The summed E-state index contributed by atoms with van der Waals surface area (Å²) < 4.78 is 5.63. The van der Waals surface area contributed by atoms with Gasteiger partial charge in [-0.15, -0.1) is 0 Å². The molecule has 0 bridgehead atoms. The van der Waals surface area contributed by atoms with Crippen LogP contribution in [-0.2, 0) is 4.79 Å². The van der Waals surface area contributed by atoms with E-state index in [1.165, 1.54) is 6.08 Å². The number of rotatable bonds is 3. The molecule has 2 heterocycles. The smallest absolute Gasteiger partial charge is 0.249 e. The fourth-order valence-corrected chi connectivity index (χ4v) is 2.34. The third-order valence-corrected chi connectivity index (χ3v) is 3.55. The van der Waals surface area contributed by atoms with Gasteiger partial charge in [0.15, 0.2) is 0 Å². The minimum atomic E-state index is -0.237. The molecule has 0 unspecified atom stereocenters. The van der Waals surface area contributed by atoms with Crippen LogP contribution in [0.2, 0.25) is 5.02 Å². The van der Waals surface area contributed by atoms with Crippen molar-refractivity contribution in [2.45, 2.75) is 6.92 Å². The van der Waals surface area contributed by atoms with Gasteiger partial charge in [0.2, 0.25) is 5.91 Å². The minimum absolute atomic E-state index is 0.237. The van der Waals surface area contributed by atoms with E-state index in [0.717, 1.165) is 22.4 Å². The highest BCUT2D eigenvalue weighted by atomic mass is 35.5. The zero-order valence-corrected chi connectivity index (χ0v) is 13.3. The number of aromatic nitrogens is 1. The van der Waals surface area contributed by atoms with Crippen molar-refractivity contribution in [2.75, 3.05) is 11.9 Å². The average molecular weight is 327 g/mol. The second kappa shape index (κ2) is 6.67. The van der Waals surface area contributed by atoms with Crippen LogP contribution in [0.3, 0.4) is 0 Å². The molecule has 0 fully saturated rings. The van der Waals surface area contributed by atoms with E-state index in [1.54, 1.807) is 24.4 Å². The Morgan fingerprint density at radius 3 is 3.00 bits per heavy atom. The van der Waals surface area contributed by atoms with Crippen LogP contribution in [0.5, 0.6) is 5.75 Å². The number of amides is 1. The van der Waals surface area contributed by atoms with E-state index >= 15 is 0 Å². The zero-order valence-electron chi connectivity index (χ0n) is 12.5. The third-order valence-electron chi connectivity index (χ3n) is 3.32. The van der Waals surface area contributed by atoms with Crippen molar-refractivity contribution in [3.63, 3.8) is 0 Å². The van der Waals surface area contributed by atoms with Gasteiger partial charge >= 0.3 is 0 Å². The Labute approximate surface area is 139 Å². The maximum atomic E-state index is 11.9. The molecular formula is C18H15ClN2O2. The fraction of sp³-hybridized carbons (Fsp3) is 0.111. The van der Waals surface area contributed by atoms with Gasteiger partial charge in [-0.3, -0.25) is 4.79 Å². The molecule has 116 valence electrons. The first kappa shape index (κ1) is 15.3. The molecule has 3 rings (SSSR count). The number of anilines is 1. The van der Waals surface area contributed by atoms with Gasteiger partial charge < -0.3 is 10.1 Å². The largest absolute Gasteiger partial charge is 0.488 e. The quantitative estimate of drug-likeness (QED) is 0.867. The number of fused-ring (bicyclic) bond motifs is 1. The van der Waals surface area contributed by atoms with Crippen molar-refractivity contribution < 1.29 is 9.53 Å². The highest BCUT2D eigenvalue weighted by Gasteiger charge is 2.10. The zero-order chi connectivity index (χ0) is 16.2. The lowest BCUT2D eigenvalue weighted by Gasteiger charge is -2.16. The lowest BCUT2D eigenvalue weighted by Crippen LogP contribution is -2.10. The molecule has 1 aromatic carbocycles. The molecule has 1 N–H and O–H groups in total. The summed E-state index contributed by atoms with van der Waals surface area (Å²) in [6, 6.07) is 9.12.